The molecule has 24 heavy (non-hydrogen) atoms. The number of urea groups is 1. The number of benzene rings is 2. The SMILES string of the molecule is CCC1CN(C(=O)Nc2ccc(C)c(F)c2)c2cc(C)ccc2O1. The molecule has 2 aromatic rings. The Balaban J connectivity index is 1.88. The van der Waals surface area contributed by atoms with Crippen LogP contribution in [0.2, 0.25) is 0 Å². The molecule has 4 nitrogen and oxygen atoms in total. The van der Waals surface area contributed by atoms with Crippen molar-refractivity contribution < 1.29 is 13.9 Å². The second kappa shape index (κ2) is 6.51. The Labute approximate surface area is 141 Å². The lowest BCUT2D eigenvalue weighted by molar-refractivity contribution is 0.188. The highest BCUT2D eigenvalue weighted by Gasteiger charge is 2.29. The number of nitrogens with one attached hydrogen (secondary N) is 1. The van der Waals surface area contributed by atoms with Crippen LogP contribution in [0.5, 0.6) is 5.75 Å². The van der Waals surface area contributed by atoms with Gasteiger partial charge in [-0.25, -0.2) is 9.18 Å². The lowest BCUT2D eigenvalue weighted by atomic mass is 10.1. The van der Waals surface area contributed by atoms with E-state index in [-0.39, 0.29) is 18.0 Å². The van der Waals surface area contributed by atoms with E-state index in [1.807, 2.05) is 32.0 Å². The second-order valence-electron chi connectivity index (χ2n) is 6.12. The Morgan fingerprint density at radius 3 is 2.79 bits per heavy atom. The zero-order valence-corrected chi connectivity index (χ0v) is 14.1. The smallest absolute Gasteiger partial charge is 0.326 e. The van der Waals surface area contributed by atoms with Crippen LogP contribution in [0.25, 0.3) is 0 Å². The molecule has 1 atom stereocenters. The van der Waals surface area contributed by atoms with Gasteiger partial charge < -0.3 is 10.1 Å². The van der Waals surface area contributed by atoms with E-state index in [4.69, 9.17) is 4.74 Å². The van der Waals surface area contributed by atoms with Crippen LogP contribution in [-0.2, 0) is 0 Å². The van der Waals surface area contributed by atoms with Gasteiger partial charge in [-0.3, -0.25) is 4.90 Å². The van der Waals surface area contributed by atoms with Gasteiger partial charge in [0.15, 0.2) is 0 Å². The van der Waals surface area contributed by atoms with Crippen molar-refractivity contribution in [2.24, 2.45) is 0 Å². The number of aryl methyl sites for hydroxylation is 2. The van der Waals surface area contributed by atoms with Crippen molar-refractivity contribution >= 4 is 17.4 Å². The van der Waals surface area contributed by atoms with Gasteiger partial charge in [0.1, 0.15) is 17.7 Å². The molecule has 3 rings (SSSR count). The molecule has 0 spiro atoms. The third kappa shape index (κ3) is 3.20. The van der Waals surface area contributed by atoms with Gasteiger partial charge in [0.25, 0.3) is 0 Å². The van der Waals surface area contributed by atoms with Gasteiger partial charge in [-0.05, 0) is 55.7 Å². The molecule has 0 saturated heterocycles. The van der Waals surface area contributed by atoms with Crippen molar-refractivity contribution in [3.05, 3.63) is 53.3 Å². The monoisotopic (exact) mass is 328 g/mol. The first-order chi connectivity index (χ1) is 11.5. The van der Waals surface area contributed by atoms with Crippen LogP contribution in [0.3, 0.4) is 0 Å². The minimum absolute atomic E-state index is 0.0549. The van der Waals surface area contributed by atoms with E-state index >= 15 is 0 Å². The maximum Gasteiger partial charge on any atom is 0.326 e. The topological polar surface area (TPSA) is 41.6 Å². The normalized spacial score (nSPS) is 16.3. The maximum atomic E-state index is 13.7. The van der Waals surface area contributed by atoms with E-state index in [2.05, 4.69) is 5.32 Å². The van der Waals surface area contributed by atoms with Crippen LogP contribution < -0.4 is 15.0 Å². The molecule has 0 radical (unpaired) electrons. The minimum atomic E-state index is -0.336. The molecule has 0 aliphatic carbocycles. The summed E-state index contributed by atoms with van der Waals surface area (Å²) >= 11 is 0. The van der Waals surface area contributed by atoms with Crippen LogP contribution in [-0.4, -0.2) is 18.7 Å². The molecule has 5 heteroatoms. The van der Waals surface area contributed by atoms with Crippen LogP contribution in [0.1, 0.15) is 24.5 Å². The lowest BCUT2D eigenvalue weighted by Crippen LogP contribution is -2.45. The second-order valence-corrected chi connectivity index (χ2v) is 6.12. The van der Waals surface area contributed by atoms with Crippen molar-refractivity contribution in [1.29, 1.82) is 0 Å². The Bertz CT molecular complexity index is 776. The number of carbonyl (C=O) groups is 1. The maximum absolute atomic E-state index is 13.7. The first kappa shape index (κ1) is 16.3. The number of nitrogens with zero attached hydrogens (tertiary/aromatic N) is 1. The predicted octanol–water partition coefficient (Wildman–Crippen LogP) is 4.65. The average molecular weight is 328 g/mol. The molecule has 0 bridgehead atoms. The molecule has 1 heterocycles. The van der Waals surface area contributed by atoms with E-state index in [1.165, 1.54) is 6.07 Å². The standard InChI is InChI=1S/C19H21FN2O2/c1-4-15-11-22(17-9-12(2)5-8-18(17)24-15)19(23)21-14-7-6-13(3)16(20)10-14/h5-10,15H,4,11H2,1-3H3,(H,21,23). The third-order valence-electron chi connectivity index (χ3n) is 4.21. The molecule has 1 aliphatic heterocycles. The highest BCUT2D eigenvalue weighted by molar-refractivity contribution is 6.03. The van der Waals surface area contributed by atoms with Gasteiger partial charge in [0.2, 0.25) is 0 Å². The Morgan fingerprint density at radius 2 is 2.08 bits per heavy atom. The van der Waals surface area contributed by atoms with E-state index in [1.54, 1.807) is 24.0 Å². The molecule has 2 aromatic carbocycles. The third-order valence-corrected chi connectivity index (χ3v) is 4.21. The molecule has 1 unspecified atom stereocenters. The summed E-state index contributed by atoms with van der Waals surface area (Å²) in [4.78, 5) is 14.4. The molecular weight excluding hydrogens is 307 g/mol. The van der Waals surface area contributed by atoms with Gasteiger partial charge in [0, 0.05) is 5.69 Å². The van der Waals surface area contributed by atoms with E-state index in [0.717, 1.165) is 17.7 Å². The number of hydrogen-bond acceptors (Lipinski definition) is 2. The van der Waals surface area contributed by atoms with Crippen molar-refractivity contribution in [3.63, 3.8) is 0 Å². The van der Waals surface area contributed by atoms with E-state index < -0.39 is 0 Å². The highest BCUT2D eigenvalue weighted by Crippen LogP contribution is 2.35. The largest absolute Gasteiger partial charge is 0.486 e. The summed E-state index contributed by atoms with van der Waals surface area (Å²) in [7, 11) is 0. The summed E-state index contributed by atoms with van der Waals surface area (Å²) in [5.74, 6) is 0.362. The van der Waals surface area contributed by atoms with Crippen LogP contribution >= 0.6 is 0 Å². The zero-order chi connectivity index (χ0) is 17.3. The fraction of sp³-hybridized carbons (Fsp3) is 0.316. The summed E-state index contributed by atoms with van der Waals surface area (Å²) in [5, 5.41) is 2.78. The van der Waals surface area contributed by atoms with E-state index in [9.17, 15) is 9.18 Å². The number of hydrogen-bond donors (Lipinski definition) is 1. The first-order valence-corrected chi connectivity index (χ1v) is 8.10. The minimum Gasteiger partial charge on any atom is -0.486 e. The summed E-state index contributed by atoms with van der Waals surface area (Å²) in [6.45, 7) is 6.15. The Kier molecular flexibility index (Phi) is 4.42. The number of fused-ring (bicyclic) bond motifs is 1. The van der Waals surface area contributed by atoms with Crippen molar-refractivity contribution in [3.8, 4) is 5.75 Å². The summed E-state index contributed by atoms with van der Waals surface area (Å²) in [6, 6.07) is 10.2. The zero-order valence-electron chi connectivity index (χ0n) is 14.1. The number of amides is 2. The molecule has 126 valence electrons. The molecule has 2 amide bonds. The average Bonchev–Trinajstić information content (AvgIpc) is 2.57. The van der Waals surface area contributed by atoms with Crippen LogP contribution in [0.4, 0.5) is 20.6 Å². The summed E-state index contributed by atoms with van der Waals surface area (Å²) in [6.07, 6.45) is 0.747. The Morgan fingerprint density at radius 1 is 1.29 bits per heavy atom. The molecule has 1 N–H and O–H groups in total. The fourth-order valence-corrected chi connectivity index (χ4v) is 2.72. The summed E-state index contributed by atoms with van der Waals surface area (Å²) < 4.78 is 19.6. The van der Waals surface area contributed by atoms with E-state index in [0.29, 0.717) is 23.5 Å². The van der Waals surface area contributed by atoms with Crippen molar-refractivity contribution in [1.82, 2.24) is 0 Å². The summed E-state index contributed by atoms with van der Waals surface area (Å²) in [5.41, 5.74) is 2.78. The molecule has 0 saturated carbocycles. The predicted molar refractivity (Wildman–Crippen MR) is 93.4 cm³/mol. The van der Waals surface area contributed by atoms with Gasteiger partial charge in [-0.2, -0.15) is 0 Å². The number of halogens is 1. The van der Waals surface area contributed by atoms with Gasteiger partial charge in [-0.1, -0.05) is 19.1 Å². The van der Waals surface area contributed by atoms with Crippen molar-refractivity contribution in [2.75, 3.05) is 16.8 Å². The number of anilines is 2. The van der Waals surface area contributed by atoms with Crippen molar-refractivity contribution in [2.45, 2.75) is 33.3 Å². The van der Waals surface area contributed by atoms with Crippen LogP contribution in [0, 0.1) is 19.7 Å². The number of rotatable bonds is 2. The Hall–Kier alpha value is -2.56. The van der Waals surface area contributed by atoms with Gasteiger partial charge in [-0.15, -0.1) is 0 Å². The molecule has 0 fully saturated rings. The molecule has 1 aliphatic rings. The number of ether oxygens (including phenoxy) is 1. The molecule has 0 aromatic heterocycles. The molecular formula is C19H21FN2O2. The van der Waals surface area contributed by atoms with Crippen LogP contribution in [0.15, 0.2) is 36.4 Å². The van der Waals surface area contributed by atoms with Gasteiger partial charge >= 0.3 is 6.03 Å². The fourth-order valence-electron chi connectivity index (χ4n) is 2.72. The lowest BCUT2D eigenvalue weighted by Gasteiger charge is -2.34. The van der Waals surface area contributed by atoms with Gasteiger partial charge in [0.05, 0.1) is 12.2 Å². The quantitative estimate of drug-likeness (QED) is 0.871. The number of carbonyl (C=O) groups excluding carboxylic acids is 1. The highest BCUT2D eigenvalue weighted by atomic mass is 19.1. The first-order valence-electron chi connectivity index (χ1n) is 8.10.